The number of piperidine rings is 3. The number of nitrogens with one attached hydrogen (secondary N) is 1. The van der Waals surface area contributed by atoms with Crippen LogP contribution in [0.5, 0.6) is 0 Å². The van der Waals surface area contributed by atoms with Gasteiger partial charge in [-0.25, -0.2) is 0 Å². The number of amides is 1. The maximum absolute atomic E-state index is 12.6. The first-order valence-electron chi connectivity index (χ1n) is 8.30. The fourth-order valence-corrected chi connectivity index (χ4v) is 4.42. The minimum Gasteiger partial charge on any atom is -0.419 e. The Balaban J connectivity index is 1.41. The van der Waals surface area contributed by atoms with Crippen LogP contribution in [-0.4, -0.2) is 46.2 Å². The first kappa shape index (κ1) is 15.7. The van der Waals surface area contributed by atoms with E-state index in [9.17, 15) is 4.79 Å². The number of rotatable bonds is 4. The summed E-state index contributed by atoms with van der Waals surface area (Å²) >= 11 is 1.38. The summed E-state index contributed by atoms with van der Waals surface area (Å²) in [5.41, 5.74) is 0.688. The molecule has 3 fully saturated rings. The zero-order valence-corrected chi connectivity index (χ0v) is 14.3. The second-order valence-electron chi connectivity index (χ2n) is 6.44. The number of hydrogen-bond acceptors (Lipinski definition) is 6. The molecule has 2 bridgehead atoms. The van der Waals surface area contributed by atoms with Crippen molar-refractivity contribution >= 4 is 17.7 Å². The minimum absolute atomic E-state index is 0.00920. The van der Waals surface area contributed by atoms with Gasteiger partial charge in [-0.15, -0.1) is 10.2 Å². The van der Waals surface area contributed by atoms with Gasteiger partial charge in [0.1, 0.15) is 0 Å². The van der Waals surface area contributed by atoms with Gasteiger partial charge in [-0.2, -0.15) is 0 Å². The molecule has 126 valence electrons. The summed E-state index contributed by atoms with van der Waals surface area (Å²) in [7, 11) is 0. The van der Waals surface area contributed by atoms with Gasteiger partial charge in [-0.05, 0) is 74.8 Å². The Bertz CT molecular complexity index is 694. The van der Waals surface area contributed by atoms with Gasteiger partial charge >= 0.3 is 0 Å². The lowest BCUT2D eigenvalue weighted by atomic mass is 9.79. The largest absolute Gasteiger partial charge is 0.419 e. The second-order valence-corrected chi connectivity index (χ2v) is 7.47. The van der Waals surface area contributed by atoms with E-state index in [-0.39, 0.29) is 11.9 Å². The second kappa shape index (κ2) is 6.57. The van der Waals surface area contributed by atoms with Crippen molar-refractivity contribution < 1.29 is 9.21 Å². The molecule has 1 aromatic heterocycles. The number of nitrogens with zero attached hydrogens (tertiary/aromatic N) is 3. The fraction of sp³-hybridized carbons (Fsp3) is 0.471. The van der Waals surface area contributed by atoms with E-state index in [4.69, 9.17) is 4.42 Å². The molecule has 0 radical (unpaired) electrons. The van der Waals surface area contributed by atoms with Crippen molar-refractivity contribution in [3.05, 3.63) is 36.2 Å². The fourth-order valence-electron chi connectivity index (χ4n) is 3.76. The minimum atomic E-state index is 0.00920. The standard InChI is InChI=1S/C17H20N4O2S/c1-11-15(12-6-8-21(11)9-7-12)19-16(22)13-2-4-14(5-3-13)24-17-20-18-10-23-17/h2-5,10-12,15H,6-9H2,1H3,(H,19,22)/t11-,15+/m1/s1. The molecule has 0 spiro atoms. The molecule has 2 atom stereocenters. The van der Waals surface area contributed by atoms with Gasteiger partial charge in [-0.3, -0.25) is 9.69 Å². The molecule has 5 rings (SSSR count). The number of carbonyl (C=O) groups excluding carboxylic acids is 1. The monoisotopic (exact) mass is 344 g/mol. The molecule has 3 saturated heterocycles. The quantitative estimate of drug-likeness (QED) is 0.918. The lowest BCUT2D eigenvalue weighted by Gasteiger charge is -2.49. The zero-order valence-electron chi connectivity index (χ0n) is 13.5. The Labute approximate surface area is 145 Å². The maximum Gasteiger partial charge on any atom is 0.281 e. The van der Waals surface area contributed by atoms with E-state index in [1.54, 1.807) is 0 Å². The van der Waals surface area contributed by atoms with E-state index >= 15 is 0 Å². The maximum atomic E-state index is 12.6. The van der Waals surface area contributed by atoms with Crippen LogP contribution in [0.25, 0.3) is 0 Å². The highest BCUT2D eigenvalue weighted by Crippen LogP contribution is 2.32. The molecule has 4 heterocycles. The molecule has 7 heteroatoms. The molecule has 0 unspecified atom stereocenters. The predicted molar refractivity (Wildman–Crippen MR) is 89.9 cm³/mol. The van der Waals surface area contributed by atoms with Gasteiger partial charge in [0.15, 0.2) is 0 Å². The van der Waals surface area contributed by atoms with Crippen molar-refractivity contribution in [3.8, 4) is 0 Å². The Morgan fingerprint density at radius 3 is 2.67 bits per heavy atom. The van der Waals surface area contributed by atoms with Crippen molar-refractivity contribution in [2.75, 3.05) is 13.1 Å². The molecular formula is C17H20N4O2S. The summed E-state index contributed by atoms with van der Waals surface area (Å²) in [6.45, 7) is 4.56. The number of fused-ring (bicyclic) bond motifs is 3. The molecule has 24 heavy (non-hydrogen) atoms. The number of hydrogen-bond donors (Lipinski definition) is 1. The molecule has 0 aliphatic carbocycles. The third kappa shape index (κ3) is 3.06. The summed E-state index contributed by atoms with van der Waals surface area (Å²) in [5, 5.41) is 11.2. The Morgan fingerprint density at radius 1 is 1.29 bits per heavy atom. The molecule has 2 aromatic rings. The average Bonchev–Trinajstić information content (AvgIpc) is 3.12. The first-order valence-corrected chi connectivity index (χ1v) is 9.11. The van der Waals surface area contributed by atoms with Crippen LogP contribution >= 0.6 is 11.8 Å². The molecule has 0 saturated carbocycles. The molecule has 1 aromatic carbocycles. The summed E-state index contributed by atoms with van der Waals surface area (Å²) in [6.07, 6.45) is 3.68. The number of benzene rings is 1. The molecular weight excluding hydrogens is 324 g/mol. The Hall–Kier alpha value is -1.86. The number of carbonyl (C=O) groups is 1. The summed E-state index contributed by atoms with van der Waals surface area (Å²) in [4.78, 5) is 16.0. The summed E-state index contributed by atoms with van der Waals surface area (Å²) < 4.78 is 5.11. The van der Waals surface area contributed by atoms with Crippen LogP contribution in [0.3, 0.4) is 0 Å². The van der Waals surface area contributed by atoms with Crippen molar-refractivity contribution in [1.82, 2.24) is 20.4 Å². The van der Waals surface area contributed by atoms with E-state index in [0.717, 1.165) is 4.90 Å². The third-order valence-corrected chi connectivity index (χ3v) is 6.00. The van der Waals surface area contributed by atoms with E-state index < -0.39 is 0 Å². The van der Waals surface area contributed by atoms with Crippen molar-refractivity contribution in [2.45, 2.75) is 42.0 Å². The van der Waals surface area contributed by atoms with Gasteiger partial charge in [0.25, 0.3) is 11.1 Å². The van der Waals surface area contributed by atoms with Crippen LogP contribution < -0.4 is 5.32 Å². The van der Waals surface area contributed by atoms with Crippen LogP contribution in [0.4, 0.5) is 0 Å². The lowest BCUT2D eigenvalue weighted by Crippen LogP contribution is -2.62. The van der Waals surface area contributed by atoms with Crippen LogP contribution in [0.15, 0.2) is 45.2 Å². The van der Waals surface area contributed by atoms with Crippen molar-refractivity contribution in [1.29, 1.82) is 0 Å². The number of aromatic nitrogens is 2. The molecule has 6 nitrogen and oxygen atoms in total. The van der Waals surface area contributed by atoms with Crippen molar-refractivity contribution in [2.24, 2.45) is 5.92 Å². The highest BCUT2D eigenvalue weighted by atomic mass is 32.2. The first-order chi connectivity index (χ1) is 11.7. The summed E-state index contributed by atoms with van der Waals surface area (Å²) in [6, 6.07) is 8.19. The van der Waals surface area contributed by atoms with E-state index in [2.05, 4.69) is 27.3 Å². The van der Waals surface area contributed by atoms with Gasteiger partial charge in [-0.1, -0.05) is 0 Å². The van der Waals surface area contributed by atoms with Crippen LogP contribution in [0.1, 0.15) is 30.1 Å². The summed E-state index contributed by atoms with van der Waals surface area (Å²) in [5.74, 6) is 0.622. The SMILES string of the molecule is C[C@@H]1[C@H](NC(=O)c2ccc(Sc3nnco3)cc2)C2CCN1CC2. The van der Waals surface area contributed by atoms with Gasteiger partial charge in [0, 0.05) is 22.5 Å². The highest BCUT2D eigenvalue weighted by molar-refractivity contribution is 7.99. The van der Waals surface area contributed by atoms with Gasteiger partial charge in [0.2, 0.25) is 6.39 Å². The van der Waals surface area contributed by atoms with Gasteiger partial charge < -0.3 is 9.73 Å². The van der Waals surface area contributed by atoms with Crippen LogP contribution in [-0.2, 0) is 0 Å². The molecule has 1 amide bonds. The van der Waals surface area contributed by atoms with Crippen LogP contribution in [0.2, 0.25) is 0 Å². The van der Waals surface area contributed by atoms with E-state index in [1.165, 1.54) is 44.1 Å². The van der Waals surface area contributed by atoms with Crippen LogP contribution in [0, 0.1) is 5.92 Å². The molecule has 3 aliphatic heterocycles. The zero-order chi connectivity index (χ0) is 16.5. The normalized spacial score (nSPS) is 28.7. The third-order valence-electron chi connectivity index (χ3n) is 5.14. The topological polar surface area (TPSA) is 71.3 Å². The molecule has 3 aliphatic rings. The van der Waals surface area contributed by atoms with Crippen molar-refractivity contribution in [3.63, 3.8) is 0 Å². The molecule has 1 N–H and O–H groups in total. The Kier molecular flexibility index (Phi) is 4.28. The van der Waals surface area contributed by atoms with E-state index in [0.29, 0.717) is 22.7 Å². The Morgan fingerprint density at radius 2 is 2.04 bits per heavy atom. The lowest BCUT2D eigenvalue weighted by molar-refractivity contribution is 0.0217. The average molecular weight is 344 g/mol. The predicted octanol–water partition coefficient (Wildman–Crippen LogP) is 2.43. The van der Waals surface area contributed by atoms with Gasteiger partial charge in [0.05, 0.1) is 0 Å². The highest BCUT2D eigenvalue weighted by Gasteiger charge is 2.40. The van der Waals surface area contributed by atoms with E-state index in [1.807, 2.05) is 24.3 Å². The smallest absolute Gasteiger partial charge is 0.281 e.